The van der Waals surface area contributed by atoms with Gasteiger partial charge in [-0.3, -0.25) is 19.5 Å². The Hall–Kier alpha value is -3.68. The molecule has 8 heteroatoms. The lowest BCUT2D eigenvalue weighted by molar-refractivity contribution is -0.123. The van der Waals surface area contributed by atoms with Crippen LogP contribution < -0.4 is 9.64 Å². The van der Waals surface area contributed by atoms with Gasteiger partial charge in [-0.05, 0) is 55.7 Å². The molecule has 3 aromatic rings. The summed E-state index contributed by atoms with van der Waals surface area (Å²) in [5.74, 6) is 1.57. The second kappa shape index (κ2) is 8.35. The predicted octanol–water partition coefficient (Wildman–Crippen LogP) is 3.16. The number of ether oxygens (including phenoxy) is 1. The number of carbonyl (C=O) groups excluding carboxylic acids is 2. The molecule has 1 spiro atoms. The van der Waals surface area contributed by atoms with E-state index in [4.69, 9.17) is 9.84 Å². The highest BCUT2D eigenvalue weighted by Gasteiger charge is 2.46. The van der Waals surface area contributed by atoms with Gasteiger partial charge in [0.25, 0.3) is 5.91 Å². The van der Waals surface area contributed by atoms with E-state index >= 15 is 0 Å². The number of piperidine rings is 1. The molecule has 170 valence electrons. The van der Waals surface area contributed by atoms with Crippen LogP contribution in [0.2, 0.25) is 0 Å². The van der Waals surface area contributed by atoms with Gasteiger partial charge in [0.1, 0.15) is 11.6 Å². The Kier molecular flexibility index (Phi) is 5.36. The molecule has 1 aromatic carbocycles. The Labute approximate surface area is 192 Å². The standard InChI is InChI=1S/C25H27N5O3/c1-18-14-22-29(17-19-6-10-26-11-7-19)23(31)16-25(30(22)27-18)8-12-28(13-9-25)24(32)20-4-3-5-21(15-20)33-2/h3-7,10-11,14-15H,8-9,12-13,16-17H2,1-2H3. The minimum absolute atomic E-state index is 0.0120. The molecule has 1 fully saturated rings. The summed E-state index contributed by atoms with van der Waals surface area (Å²) in [5, 5.41) is 4.80. The number of anilines is 1. The first-order valence-electron chi connectivity index (χ1n) is 11.2. The molecule has 0 N–H and O–H groups in total. The molecule has 2 aromatic heterocycles. The van der Waals surface area contributed by atoms with Crippen LogP contribution in [-0.2, 0) is 16.9 Å². The van der Waals surface area contributed by atoms with E-state index < -0.39 is 5.54 Å². The molecule has 0 bridgehead atoms. The number of likely N-dealkylation sites (tertiary alicyclic amines) is 1. The molecule has 2 aliphatic rings. The van der Waals surface area contributed by atoms with E-state index in [1.807, 2.05) is 57.8 Å². The number of nitrogens with zero attached hydrogens (tertiary/aromatic N) is 5. The van der Waals surface area contributed by atoms with Gasteiger partial charge in [0, 0.05) is 37.1 Å². The molecule has 0 saturated carbocycles. The van der Waals surface area contributed by atoms with E-state index in [-0.39, 0.29) is 11.8 Å². The maximum Gasteiger partial charge on any atom is 0.253 e. The fraction of sp³-hybridized carbons (Fsp3) is 0.360. The maximum atomic E-state index is 13.3. The Morgan fingerprint density at radius 1 is 1.12 bits per heavy atom. The number of hydrogen-bond acceptors (Lipinski definition) is 5. The molecule has 0 radical (unpaired) electrons. The highest BCUT2D eigenvalue weighted by atomic mass is 16.5. The van der Waals surface area contributed by atoms with Crippen molar-refractivity contribution in [1.82, 2.24) is 19.7 Å². The zero-order valence-electron chi connectivity index (χ0n) is 18.9. The average molecular weight is 446 g/mol. The van der Waals surface area contributed by atoms with Crippen LogP contribution in [0.3, 0.4) is 0 Å². The van der Waals surface area contributed by atoms with E-state index in [2.05, 4.69) is 4.98 Å². The Balaban J connectivity index is 1.37. The van der Waals surface area contributed by atoms with Crippen molar-refractivity contribution in [3.63, 3.8) is 0 Å². The van der Waals surface area contributed by atoms with Crippen LogP contribution in [0.4, 0.5) is 5.82 Å². The van der Waals surface area contributed by atoms with Gasteiger partial charge in [-0.2, -0.15) is 5.10 Å². The number of rotatable bonds is 4. The number of fused-ring (bicyclic) bond motifs is 2. The van der Waals surface area contributed by atoms with Gasteiger partial charge in [-0.1, -0.05) is 6.07 Å². The average Bonchev–Trinajstić information content (AvgIpc) is 3.25. The summed E-state index contributed by atoms with van der Waals surface area (Å²) in [6.45, 7) is 3.59. The number of benzene rings is 1. The third-order valence-corrected chi connectivity index (χ3v) is 6.71. The summed E-state index contributed by atoms with van der Waals surface area (Å²) in [5.41, 5.74) is 2.12. The van der Waals surface area contributed by atoms with Crippen molar-refractivity contribution in [2.45, 2.75) is 38.3 Å². The van der Waals surface area contributed by atoms with E-state index in [0.29, 0.717) is 50.2 Å². The first kappa shape index (κ1) is 21.2. The summed E-state index contributed by atoms with van der Waals surface area (Å²) in [6.07, 6.45) is 5.23. The number of hydrogen-bond donors (Lipinski definition) is 0. The summed E-state index contributed by atoms with van der Waals surface area (Å²) in [7, 11) is 1.59. The van der Waals surface area contributed by atoms with Crippen LogP contribution in [0, 0.1) is 6.92 Å². The molecular formula is C25H27N5O3. The lowest BCUT2D eigenvalue weighted by atomic mass is 9.82. The summed E-state index contributed by atoms with van der Waals surface area (Å²) >= 11 is 0. The first-order chi connectivity index (χ1) is 16.0. The fourth-order valence-corrected chi connectivity index (χ4v) is 4.90. The van der Waals surface area contributed by atoms with Crippen LogP contribution in [0.1, 0.15) is 40.9 Å². The van der Waals surface area contributed by atoms with Crippen molar-refractivity contribution in [3.8, 4) is 5.75 Å². The topological polar surface area (TPSA) is 80.6 Å². The monoisotopic (exact) mass is 445 g/mol. The number of amides is 2. The molecule has 0 atom stereocenters. The number of aryl methyl sites for hydroxylation is 1. The van der Waals surface area contributed by atoms with Gasteiger partial charge < -0.3 is 9.64 Å². The largest absolute Gasteiger partial charge is 0.497 e. The molecule has 5 rings (SSSR count). The molecular weight excluding hydrogens is 418 g/mol. The molecule has 2 aliphatic heterocycles. The summed E-state index contributed by atoms with van der Waals surface area (Å²) in [4.78, 5) is 34.1. The van der Waals surface area contributed by atoms with E-state index in [1.165, 1.54) is 0 Å². The molecule has 2 amide bonds. The van der Waals surface area contributed by atoms with Crippen LogP contribution in [0.5, 0.6) is 5.75 Å². The third kappa shape index (κ3) is 3.86. The van der Waals surface area contributed by atoms with Gasteiger partial charge >= 0.3 is 0 Å². The minimum atomic E-state index is -0.402. The zero-order valence-corrected chi connectivity index (χ0v) is 18.9. The van der Waals surface area contributed by atoms with Crippen LogP contribution in [0.25, 0.3) is 0 Å². The fourth-order valence-electron chi connectivity index (χ4n) is 4.90. The SMILES string of the molecule is COc1cccc(C(=O)N2CCC3(CC2)CC(=O)N(Cc2ccncc2)c2cc(C)nn23)c1. The van der Waals surface area contributed by atoms with Gasteiger partial charge in [0.15, 0.2) is 0 Å². The van der Waals surface area contributed by atoms with E-state index in [1.54, 1.807) is 25.6 Å². The van der Waals surface area contributed by atoms with Gasteiger partial charge in [-0.15, -0.1) is 0 Å². The lowest BCUT2D eigenvalue weighted by Crippen LogP contribution is -2.54. The quantitative estimate of drug-likeness (QED) is 0.616. The maximum absolute atomic E-state index is 13.3. The normalized spacial score (nSPS) is 17.2. The van der Waals surface area contributed by atoms with Gasteiger partial charge in [-0.25, -0.2) is 4.68 Å². The summed E-state index contributed by atoms with van der Waals surface area (Å²) < 4.78 is 7.30. The van der Waals surface area contributed by atoms with Crippen LogP contribution in [0.15, 0.2) is 54.9 Å². The highest BCUT2D eigenvalue weighted by molar-refractivity contribution is 5.96. The molecule has 4 heterocycles. The molecule has 0 unspecified atom stereocenters. The molecule has 0 aliphatic carbocycles. The predicted molar refractivity (Wildman–Crippen MR) is 123 cm³/mol. The Morgan fingerprint density at radius 3 is 2.61 bits per heavy atom. The van der Waals surface area contributed by atoms with E-state index in [0.717, 1.165) is 17.1 Å². The highest BCUT2D eigenvalue weighted by Crippen LogP contribution is 2.42. The Morgan fingerprint density at radius 2 is 1.88 bits per heavy atom. The van der Waals surface area contributed by atoms with Crippen molar-refractivity contribution in [3.05, 3.63) is 71.7 Å². The van der Waals surface area contributed by atoms with Crippen molar-refractivity contribution < 1.29 is 14.3 Å². The van der Waals surface area contributed by atoms with Crippen LogP contribution in [-0.4, -0.2) is 51.7 Å². The summed E-state index contributed by atoms with van der Waals surface area (Å²) in [6, 6.07) is 13.1. The lowest BCUT2D eigenvalue weighted by Gasteiger charge is -2.46. The zero-order chi connectivity index (χ0) is 23.0. The van der Waals surface area contributed by atoms with Crippen molar-refractivity contribution in [2.24, 2.45) is 0 Å². The molecule has 1 saturated heterocycles. The number of methoxy groups -OCH3 is 1. The second-order valence-electron chi connectivity index (χ2n) is 8.82. The van der Waals surface area contributed by atoms with Crippen molar-refractivity contribution in [1.29, 1.82) is 0 Å². The second-order valence-corrected chi connectivity index (χ2v) is 8.82. The smallest absolute Gasteiger partial charge is 0.253 e. The number of pyridine rings is 1. The minimum Gasteiger partial charge on any atom is -0.497 e. The molecule has 33 heavy (non-hydrogen) atoms. The number of aromatic nitrogens is 3. The van der Waals surface area contributed by atoms with Gasteiger partial charge in [0.2, 0.25) is 5.91 Å². The van der Waals surface area contributed by atoms with E-state index in [9.17, 15) is 9.59 Å². The first-order valence-corrected chi connectivity index (χ1v) is 11.2. The molecule has 8 nitrogen and oxygen atoms in total. The van der Waals surface area contributed by atoms with Crippen LogP contribution >= 0.6 is 0 Å². The van der Waals surface area contributed by atoms with Crippen molar-refractivity contribution in [2.75, 3.05) is 25.1 Å². The third-order valence-electron chi connectivity index (χ3n) is 6.71. The Bertz CT molecular complexity index is 1180. The number of carbonyl (C=O) groups is 2. The van der Waals surface area contributed by atoms with Crippen molar-refractivity contribution >= 4 is 17.6 Å². The van der Waals surface area contributed by atoms with Gasteiger partial charge in [0.05, 0.1) is 31.3 Å².